The number of aliphatic hydroxyl groups is 1. The molecular formula is C12H24N2O2. The summed E-state index contributed by atoms with van der Waals surface area (Å²) < 4.78 is 0. The van der Waals surface area contributed by atoms with Gasteiger partial charge in [-0.2, -0.15) is 0 Å². The lowest BCUT2D eigenvalue weighted by Gasteiger charge is -2.19. The van der Waals surface area contributed by atoms with E-state index in [1.165, 1.54) is 6.42 Å². The SMILES string of the molecule is CC(C)C(O)CNC(=O)C1CCCCCN1. The molecule has 1 amide bonds. The molecule has 0 radical (unpaired) electrons. The average molecular weight is 228 g/mol. The molecule has 1 heterocycles. The van der Waals surface area contributed by atoms with E-state index in [0.717, 1.165) is 25.8 Å². The van der Waals surface area contributed by atoms with Crippen LogP contribution in [0.3, 0.4) is 0 Å². The molecule has 0 aliphatic carbocycles. The average Bonchev–Trinajstić information content (AvgIpc) is 2.53. The largest absolute Gasteiger partial charge is 0.391 e. The zero-order chi connectivity index (χ0) is 12.0. The lowest BCUT2D eigenvalue weighted by Crippen LogP contribution is -2.46. The Morgan fingerprint density at radius 1 is 1.44 bits per heavy atom. The van der Waals surface area contributed by atoms with Crippen molar-refractivity contribution < 1.29 is 9.90 Å². The van der Waals surface area contributed by atoms with E-state index in [4.69, 9.17) is 0 Å². The first-order valence-electron chi connectivity index (χ1n) is 6.30. The highest BCUT2D eigenvalue weighted by molar-refractivity contribution is 5.81. The third-order valence-corrected chi connectivity index (χ3v) is 3.13. The molecule has 0 aromatic carbocycles. The molecule has 1 saturated heterocycles. The minimum absolute atomic E-state index is 0.0293. The van der Waals surface area contributed by atoms with Crippen LogP contribution in [0.25, 0.3) is 0 Å². The molecule has 1 aliphatic heterocycles. The van der Waals surface area contributed by atoms with Crippen LogP contribution in [-0.4, -0.2) is 36.2 Å². The quantitative estimate of drug-likeness (QED) is 0.662. The molecule has 94 valence electrons. The van der Waals surface area contributed by atoms with Crippen LogP contribution in [0, 0.1) is 5.92 Å². The molecule has 1 fully saturated rings. The summed E-state index contributed by atoms with van der Waals surface area (Å²) in [6.07, 6.45) is 3.92. The van der Waals surface area contributed by atoms with Crippen molar-refractivity contribution in [2.75, 3.05) is 13.1 Å². The number of carbonyl (C=O) groups excluding carboxylic acids is 1. The molecule has 0 aromatic rings. The maximum Gasteiger partial charge on any atom is 0.237 e. The highest BCUT2D eigenvalue weighted by Gasteiger charge is 2.20. The van der Waals surface area contributed by atoms with Crippen LogP contribution >= 0.6 is 0 Å². The Hall–Kier alpha value is -0.610. The molecule has 4 heteroatoms. The molecule has 16 heavy (non-hydrogen) atoms. The Morgan fingerprint density at radius 3 is 2.88 bits per heavy atom. The van der Waals surface area contributed by atoms with Crippen molar-refractivity contribution in [3.05, 3.63) is 0 Å². The smallest absolute Gasteiger partial charge is 0.237 e. The number of aliphatic hydroxyl groups excluding tert-OH is 1. The van der Waals surface area contributed by atoms with Gasteiger partial charge < -0.3 is 15.7 Å². The maximum atomic E-state index is 11.8. The third kappa shape index (κ3) is 4.49. The lowest BCUT2D eigenvalue weighted by atomic mass is 10.1. The summed E-state index contributed by atoms with van der Waals surface area (Å²) in [6, 6.07) is -0.0677. The van der Waals surface area contributed by atoms with Gasteiger partial charge in [-0.3, -0.25) is 4.79 Å². The first-order valence-corrected chi connectivity index (χ1v) is 6.30. The van der Waals surface area contributed by atoms with Gasteiger partial charge in [0.05, 0.1) is 12.1 Å². The van der Waals surface area contributed by atoms with Gasteiger partial charge in [0.2, 0.25) is 5.91 Å². The van der Waals surface area contributed by atoms with Crippen molar-refractivity contribution in [3.8, 4) is 0 Å². The molecule has 0 saturated carbocycles. The van der Waals surface area contributed by atoms with Gasteiger partial charge in [-0.05, 0) is 25.3 Å². The van der Waals surface area contributed by atoms with E-state index >= 15 is 0 Å². The summed E-state index contributed by atoms with van der Waals surface area (Å²) in [5.41, 5.74) is 0. The van der Waals surface area contributed by atoms with Crippen LogP contribution in [0.2, 0.25) is 0 Å². The van der Waals surface area contributed by atoms with E-state index in [0.29, 0.717) is 6.54 Å². The van der Waals surface area contributed by atoms with Crippen molar-refractivity contribution in [3.63, 3.8) is 0 Å². The predicted molar refractivity (Wildman–Crippen MR) is 64.1 cm³/mol. The highest BCUT2D eigenvalue weighted by Crippen LogP contribution is 2.08. The van der Waals surface area contributed by atoms with Crippen molar-refractivity contribution in [2.24, 2.45) is 5.92 Å². The number of amides is 1. The van der Waals surface area contributed by atoms with E-state index in [2.05, 4.69) is 10.6 Å². The fourth-order valence-electron chi connectivity index (χ4n) is 1.82. The van der Waals surface area contributed by atoms with Crippen LogP contribution in [0.5, 0.6) is 0 Å². The standard InChI is InChI=1S/C12H24N2O2/c1-9(2)11(15)8-14-12(16)10-6-4-3-5-7-13-10/h9-11,13,15H,3-8H2,1-2H3,(H,14,16). The lowest BCUT2D eigenvalue weighted by molar-refractivity contribution is -0.123. The van der Waals surface area contributed by atoms with Gasteiger partial charge >= 0.3 is 0 Å². The number of hydrogen-bond acceptors (Lipinski definition) is 3. The van der Waals surface area contributed by atoms with E-state index < -0.39 is 6.10 Å². The zero-order valence-corrected chi connectivity index (χ0v) is 10.3. The molecule has 0 bridgehead atoms. The first kappa shape index (κ1) is 13.5. The molecule has 3 N–H and O–H groups in total. The van der Waals surface area contributed by atoms with Gasteiger partial charge in [0.1, 0.15) is 0 Å². The summed E-state index contributed by atoms with van der Waals surface area (Å²) >= 11 is 0. The van der Waals surface area contributed by atoms with Gasteiger partial charge in [-0.15, -0.1) is 0 Å². The predicted octanol–water partition coefficient (Wildman–Crippen LogP) is 0.652. The Kier molecular flexibility index (Phi) is 5.77. The second-order valence-corrected chi connectivity index (χ2v) is 4.91. The summed E-state index contributed by atoms with van der Waals surface area (Å²) in [5, 5.41) is 15.6. The van der Waals surface area contributed by atoms with Crippen molar-refractivity contribution >= 4 is 5.91 Å². The molecule has 4 nitrogen and oxygen atoms in total. The summed E-state index contributed by atoms with van der Waals surface area (Å²) in [6.45, 7) is 5.17. The monoisotopic (exact) mass is 228 g/mol. The van der Waals surface area contributed by atoms with Crippen molar-refractivity contribution in [2.45, 2.75) is 51.7 Å². The number of carbonyl (C=O) groups is 1. The minimum Gasteiger partial charge on any atom is -0.391 e. The summed E-state index contributed by atoms with van der Waals surface area (Å²) in [5.74, 6) is 0.212. The Balaban J connectivity index is 2.27. The first-order chi connectivity index (χ1) is 7.61. The molecule has 0 spiro atoms. The number of hydrogen-bond donors (Lipinski definition) is 3. The molecule has 2 unspecified atom stereocenters. The number of nitrogens with one attached hydrogen (secondary N) is 2. The second kappa shape index (κ2) is 6.86. The van der Waals surface area contributed by atoms with E-state index in [1.54, 1.807) is 0 Å². The van der Waals surface area contributed by atoms with E-state index in [-0.39, 0.29) is 17.9 Å². The third-order valence-electron chi connectivity index (χ3n) is 3.13. The fraction of sp³-hybridized carbons (Fsp3) is 0.917. The zero-order valence-electron chi connectivity index (χ0n) is 10.3. The fourth-order valence-corrected chi connectivity index (χ4v) is 1.82. The van der Waals surface area contributed by atoms with Crippen molar-refractivity contribution in [1.82, 2.24) is 10.6 Å². The molecule has 2 atom stereocenters. The van der Waals surface area contributed by atoms with Crippen LogP contribution in [0.4, 0.5) is 0 Å². The van der Waals surface area contributed by atoms with E-state index in [9.17, 15) is 9.90 Å². The molecule has 1 aliphatic rings. The van der Waals surface area contributed by atoms with Gasteiger partial charge in [-0.25, -0.2) is 0 Å². The molecule has 0 aromatic heterocycles. The Labute approximate surface area is 97.8 Å². The Bertz CT molecular complexity index is 211. The molecular weight excluding hydrogens is 204 g/mol. The van der Waals surface area contributed by atoms with Crippen LogP contribution in [-0.2, 0) is 4.79 Å². The highest BCUT2D eigenvalue weighted by atomic mass is 16.3. The van der Waals surface area contributed by atoms with Gasteiger partial charge in [0, 0.05) is 6.54 Å². The normalized spacial score (nSPS) is 23.9. The number of rotatable bonds is 4. The van der Waals surface area contributed by atoms with Crippen LogP contribution < -0.4 is 10.6 Å². The van der Waals surface area contributed by atoms with Gasteiger partial charge in [0.25, 0.3) is 0 Å². The Morgan fingerprint density at radius 2 is 2.19 bits per heavy atom. The minimum atomic E-state index is -0.449. The van der Waals surface area contributed by atoms with Crippen molar-refractivity contribution in [1.29, 1.82) is 0 Å². The summed E-state index contributed by atoms with van der Waals surface area (Å²) in [7, 11) is 0. The van der Waals surface area contributed by atoms with Crippen LogP contribution in [0.15, 0.2) is 0 Å². The summed E-state index contributed by atoms with van der Waals surface area (Å²) in [4.78, 5) is 11.8. The molecule has 1 rings (SSSR count). The van der Waals surface area contributed by atoms with E-state index in [1.807, 2.05) is 13.8 Å². The van der Waals surface area contributed by atoms with Gasteiger partial charge in [0.15, 0.2) is 0 Å². The van der Waals surface area contributed by atoms with Gasteiger partial charge in [-0.1, -0.05) is 26.7 Å². The second-order valence-electron chi connectivity index (χ2n) is 4.91. The maximum absolute atomic E-state index is 11.8. The van der Waals surface area contributed by atoms with Crippen LogP contribution in [0.1, 0.15) is 39.5 Å². The topological polar surface area (TPSA) is 61.4 Å².